The third kappa shape index (κ3) is 10.3. The number of nitrogens with one attached hydrogen (secondary N) is 1. The summed E-state index contributed by atoms with van der Waals surface area (Å²) in [5, 5.41) is 12.4. The molecular formula is C29H46N4O4. The second kappa shape index (κ2) is 15.5. The number of carbonyl (C=O) groups excluding carboxylic acids is 3. The van der Waals surface area contributed by atoms with Gasteiger partial charge in [0.25, 0.3) is 5.91 Å². The Morgan fingerprint density at radius 1 is 1.05 bits per heavy atom. The lowest BCUT2D eigenvalue weighted by Gasteiger charge is -2.41. The number of rotatable bonds is 12. The van der Waals surface area contributed by atoms with E-state index in [1.54, 1.807) is 5.48 Å². The molecule has 1 aromatic carbocycles. The Hall–Kier alpha value is -2.71. The molecule has 1 heterocycles. The molecule has 0 saturated carbocycles. The fraction of sp³-hybridized carbons (Fsp3) is 0.621. The monoisotopic (exact) mass is 514 g/mol. The molecule has 1 fully saturated rings. The Labute approximate surface area is 222 Å². The predicted molar refractivity (Wildman–Crippen MR) is 146 cm³/mol. The first-order chi connectivity index (χ1) is 17.6. The summed E-state index contributed by atoms with van der Waals surface area (Å²) in [7, 11) is 2.08. The summed E-state index contributed by atoms with van der Waals surface area (Å²) in [4.78, 5) is 42.6. The number of hydrogen-bond acceptors (Lipinski definition) is 5. The Morgan fingerprint density at radius 3 is 2.27 bits per heavy atom. The molecule has 2 rings (SSSR count). The first-order valence-corrected chi connectivity index (χ1v) is 13.6. The number of hydroxylamine groups is 1. The molecule has 1 aliphatic rings. The molecule has 8 nitrogen and oxygen atoms in total. The van der Waals surface area contributed by atoms with Crippen molar-refractivity contribution in [3.8, 4) is 0 Å². The van der Waals surface area contributed by atoms with Crippen molar-refractivity contribution in [1.29, 1.82) is 0 Å². The van der Waals surface area contributed by atoms with Gasteiger partial charge in [-0.2, -0.15) is 0 Å². The van der Waals surface area contributed by atoms with Crippen molar-refractivity contribution >= 4 is 23.8 Å². The molecule has 1 atom stereocenters. The van der Waals surface area contributed by atoms with E-state index >= 15 is 0 Å². The van der Waals surface area contributed by atoms with Crippen LogP contribution in [0.2, 0.25) is 0 Å². The largest absolute Gasteiger partial charge is 0.306 e. The molecule has 0 unspecified atom stereocenters. The lowest BCUT2D eigenvalue weighted by atomic mass is 9.93. The molecular weight excluding hydrogens is 468 g/mol. The van der Waals surface area contributed by atoms with E-state index < -0.39 is 11.9 Å². The van der Waals surface area contributed by atoms with Gasteiger partial charge in [-0.25, -0.2) is 10.5 Å². The van der Waals surface area contributed by atoms with Gasteiger partial charge in [0.05, 0.1) is 0 Å². The minimum atomic E-state index is -1.05. The molecule has 0 aliphatic carbocycles. The Bertz CT molecular complexity index is 879. The smallest absolute Gasteiger partial charge is 0.268 e. The number of hydrogen-bond donors (Lipinski definition) is 2. The number of amides is 3. The highest BCUT2D eigenvalue weighted by molar-refractivity contribution is 5.89. The van der Waals surface area contributed by atoms with Crippen molar-refractivity contribution in [1.82, 2.24) is 20.4 Å². The summed E-state index contributed by atoms with van der Waals surface area (Å²) in [6, 6.07) is 8.61. The van der Waals surface area contributed by atoms with Gasteiger partial charge in [-0.1, -0.05) is 70.2 Å². The van der Waals surface area contributed by atoms with Crippen LogP contribution in [0, 0.1) is 17.8 Å². The van der Waals surface area contributed by atoms with Crippen molar-refractivity contribution in [2.75, 3.05) is 26.7 Å². The van der Waals surface area contributed by atoms with Gasteiger partial charge in [-0.3, -0.25) is 24.6 Å². The highest BCUT2D eigenvalue weighted by atomic mass is 16.5. The van der Waals surface area contributed by atoms with E-state index in [4.69, 9.17) is 0 Å². The van der Waals surface area contributed by atoms with Crippen LogP contribution in [0.25, 0.3) is 6.08 Å². The average Bonchev–Trinajstić information content (AvgIpc) is 2.87. The standard InChI is InChI=1S/C29H46N4O4/c1-22(2)14-15-27(34)33(26(29(36)30-37)13-9-12-24-10-7-6-8-11-24)32(21-23(3)4)28(35)20-25-16-18-31(5)19-17-25/h6-12,22-23,25-26,37H,13-21H2,1-5H3,(H,30,36)/t26-/m0/s1. The van der Waals surface area contributed by atoms with Crippen LogP contribution in [-0.2, 0) is 14.4 Å². The molecule has 1 aromatic rings. The molecule has 3 amide bonds. The van der Waals surface area contributed by atoms with E-state index in [9.17, 15) is 19.6 Å². The van der Waals surface area contributed by atoms with Crippen LogP contribution in [0.15, 0.2) is 36.4 Å². The van der Waals surface area contributed by atoms with E-state index in [1.165, 1.54) is 10.0 Å². The van der Waals surface area contributed by atoms with Crippen LogP contribution >= 0.6 is 0 Å². The molecule has 0 bridgehead atoms. The molecule has 37 heavy (non-hydrogen) atoms. The second-order valence-corrected chi connectivity index (χ2v) is 11.0. The van der Waals surface area contributed by atoms with Crippen LogP contribution in [0.1, 0.15) is 71.8 Å². The SMILES string of the molecule is CC(C)CCC(=O)N([C@@H](CC=Cc1ccccc1)C(=O)NO)N(CC(C)C)C(=O)CC1CCN(C)CC1. The first kappa shape index (κ1) is 30.5. The number of carbonyl (C=O) groups is 3. The molecule has 0 radical (unpaired) electrons. The van der Waals surface area contributed by atoms with Gasteiger partial charge in [0.1, 0.15) is 6.04 Å². The van der Waals surface area contributed by atoms with Crippen molar-refractivity contribution in [2.45, 2.75) is 72.3 Å². The van der Waals surface area contributed by atoms with Gasteiger partial charge in [-0.05, 0) is 69.1 Å². The van der Waals surface area contributed by atoms with E-state index in [0.29, 0.717) is 25.3 Å². The van der Waals surface area contributed by atoms with Crippen LogP contribution < -0.4 is 5.48 Å². The molecule has 0 spiro atoms. The fourth-order valence-corrected chi connectivity index (χ4v) is 4.57. The third-order valence-corrected chi connectivity index (χ3v) is 6.76. The molecule has 8 heteroatoms. The quantitative estimate of drug-likeness (QED) is 0.319. The van der Waals surface area contributed by atoms with E-state index in [-0.39, 0.29) is 36.5 Å². The van der Waals surface area contributed by atoms with Crippen molar-refractivity contribution < 1.29 is 19.6 Å². The fourth-order valence-electron chi connectivity index (χ4n) is 4.57. The van der Waals surface area contributed by atoms with E-state index in [0.717, 1.165) is 31.5 Å². The zero-order chi connectivity index (χ0) is 27.4. The topological polar surface area (TPSA) is 93.2 Å². The van der Waals surface area contributed by atoms with Gasteiger partial charge in [0, 0.05) is 19.4 Å². The Kier molecular flexibility index (Phi) is 12.8. The molecule has 1 aliphatic heterocycles. The number of benzene rings is 1. The summed E-state index contributed by atoms with van der Waals surface area (Å²) in [6.45, 7) is 10.3. The highest BCUT2D eigenvalue weighted by Gasteiger charge is 2.37. The van der Waals surface area contributed by atoms with Gasteiger partial charge < -0.3 is 4.90 Å². The summed E-state index contributed by atoms with van der Waals surface area (Å²) in [6.07, 6.45) is 6.90. The van der Waals surface area contributed by atoms with Gasteiger partial charge in [0.2, 0.25) is 11.8 Å². The minimum Gasteiger partial charge on any atom is -0.306 e. The average molecular weight is 515 g/mol. The van der Waals surface area contributed by atoms with E-state index in [1.807, 2.05) is 70.2 Å². The lowest BCUT2D eigenvalue weighted by molar-refractivity contribution is -0.176. The first-order valence-electron chi connectivity index (χ1n) is 13.6. The lowest BCUT2D eigenvalue weighted by Crippen LogP contribution is -2.59. The van der Waals surface area contributed by atoms with Crippen LogP contribution in [-0.4, -0.2) is 70.6 Å². The van der Waals surface area contributed by atoms with Gasteiger partial charge in [0.15, 0.2) is 0 Å². The molecule has 1 saturated heterocycles. The maximum atomic E-state index is 13.7. The molecule has 2 N–H and O–H groups in total. The van der Waals surface area contributed by atoms with Crippen LogP contribution in [0.5, 0.6) is 0 Å². The van der Waals surface area contributed by atoms with Crippen molar-refractivity contribution in [3.63, 3.8) is 0 Å². The second-order valence-electron chi connectivity index (χ2n) is 11.0. The number of piperidine rings is 1. The normalized spacial score (nSPS) is 15.8. The highest BCUT2D eigenvalue weighted by Crippen LogP contribution is 2.24. The summed E-state index contributed by atoms with van der Waals surface area (Å²) in [5.74, 6) is -0.524. The van der Waals surface area contributed by atoms with E-state index in [2.05, 4.69) is 11.9 Å². The summed E-state index contributed by atoms with van der Waals surface area (Å²) in [5.41, 5.74) is 2.70. The Balaban J connectivity index is 2.38. The molecule has 0 aromatic heterocycles. The van der Waals surface area contributed by atoms with Crippen LogP contribution in [0.4, 0.5) is 0 Å². The molecule has 206 valence electrons. The number of likely N-dealkylation sites (tertiary alicyclic amines) is 1. The maximum Gasteiger partial charge on any atom is 0.268 e. The zero-order valence-electron chi connectivity index (χ0n) is 23.2. The maximum absolute atomic E-state index is 13.7. The van der Waals surface area contributed by atoms with Gasteiger partial charge in [-0.15, -0.1) is 0 Å². The summed E-state index contributed by atoms with van der Waals surface area (Å²) < 4.78 is 0. The summed E-state index contributed by atoms with van der Waals surface area (Å²) >= 11 is 0. The minimum absolute atomic E-state index is 0.0829. The number of hydrazine groups is 1. The zero-order valence-corrected chi connectivity index (χ0v) is 23.2. The van der Waals surface area contributed by atoms with Gasteiger partial charge >= 0.3 is 0 Å². The van der Waals surface area contributed by atoms with Crippen molar-refractivity contribution in [3.05, 3.63) is 42.0 Å². The van der Waals surface area contributed by atoms with Crippen LogP contribution in [0.3, 0.4) is 0 Å². The number of nitrogens with zero attached hydrogens (tertiary/aromatic N) is 3. The Morgan fingerprint density at radius 2 is 1.70 bits per heavy atom. The van der Waals surface area contributed by atoms with Crippen molar-refractivity contribution in [2.24, 2.45) is 17.8 Å². The predicted octanol–water partition coefficient (Wildman–Crippen LogP) is 4.36. The third-order valence-electron chi connectivity index (χ3n) is 6.76.